The van der Waals surface area contributed by atoms with E-state index < -0.39 is 4.92 Å². The molecule has 1 amide bonds. The minimum Gasteiger partial charge on any atom is -0.368 e. The lowest BCUT2D eigenvalue weighted by Gasteiger charge is -2.49. The molecule has 8 heteroatoms. The van der Waals surface area contributed by atoms with Gasteiger partial charge in [0.05, 0.1) is 16.9 Å². The normalized spacial score (nSPS) is 20.5. The topological polar surface area (TPSA) is 78.7 Å². The summed E-state index contributed by atoms with van der Waals surface area (Å²) in [5, 5.41) is 14.2. The van der Waals surface area contributed by atoms with Gasteiger partial charge in [-0.3, -0.25) is 14.9 Å². The Morgan fingerprint density at radius 1 is 1.20 bits per heavy atom. The number of nitrogens with zero attached hydrogens (tertiary/aromatic N) is 3. The third-order valence-corrected chi connectivity index (χ3v) is 5.87. The number of anilines is 2. The Morgan fingerprint density at radius 3 is 2.60 bits per heavy atom. The van der Waals surface area contributed by atoms with Crippen molar-refractivity contribution in [3.63, 3.8) is 0 Å². The summed E-state index contributed by atoms with van der Waals surface area (Å²) in [6.07, 6.45) is 0.452. The van der Waals surface area contributed by atoms with Gasteiger partial charge in [0.15, 0.2) is 0 Å². The number of nitro benzene ring substituents is 1. The molecule has 0 radical (unpaired) electrons. The van der Waals surface area contributed by atoms with Crippen LogP contribution >= 0.6 is 0 Å². The maximum atomic E-state index is 13.3. The van der Waals surface area contributed by atoms with Crippen LogP contribution in [0.1, 0.15) is 19.4 Å². The fraction of sp³-hybridized carbons (Fsp3) is 0.409. The van der Waals surface area contributed by atoms with Crippen molar-refractivity contribution in [3.8, 4) is 0 Å². The van der Waals surface area contributed by atoms with Crippen LogP contribution in [0.3, 0.4) is 0 Å². The zero-order chi connectivity index (χ0) is 21.4. The van der Waals surface area contributed by atoms with Crippen molar-refractivity contribution in [3.05, 3.63) is 64.0 Å². The van der Waals surface area contributed by atoms with Gasteiger partial charge in [-0.1, -0.05) is 0 Å². The number of nitro groups is 1. The number of amides is 1. The van der Waals surface area contributed by atoms with Crippen molar-refractivity contribution in [1.82, 2.24) is 5.32 Å². The maximum Gasteiger partial charge on any atom is 0.269 e. The highest BCUT2D eigenvalue weighted by Crippen LogP contribution is 2.38. The first kappa shape index (κ1) is 20.1. The van der Waals surface area contributed by atoms with Gasteiger partial charge in [-0.05, 0) is 56.2 Å². The number of carbonyl (C=O) groups excluding carboxylic acids is 1. The average molecular weight is 412 g/mol. The SMILES string of the molecule is CC(C)NC(=O)[C@@H]1Cc2cc([N+](=O)[O-])ccc2N2CCN(c3ccc(F)cc3)C[C@H]12. The fourth-order valence-corrected chi connectivity index (χ4v) is 4.50. The van der Waals surface area contributed by atoms with Crippen LogP contribution in [0.5, 0.6) is 0 Å². The number of carbonyl (C=O) groups is 1. The van der Waals surface area contributed by atoms with Crippen LogP contribution in [-0.4, -0.2) is 42.5 Å². The number of halogens is 1. The molecule has 2 aliphatic heterocycles. The van der Waals surface area contributed by atoms with E-state index in [4.69, 9.17) is 0 Å². The molecule has 1 saturated heterocycles. The van der Waals surface area contributed by atoms with Gasteiger partial charge in [-0.2, -0.15) is 0 Å². The molecule has 7 nitrogen and oxygen atoms in total. The van der Waals surface area contributed by atoms with Crippen LogP contribution in [0.4, 0.5) is 21.5 Å². The molecular formula is C22H25FN4O3. The third kappa shape index (κ3) is 3.81. The van der Waals surface area contributed by atoms with Crippen LogP contribution in [0.25, 0.3) is 0 Å². The van der Waals surface area contributed by atoms with Crippen LogP contribution in [-0.2, 0) is 11.2 Å². The minimum absolute atomic E-state index is 0.00856. The van der Waals surface area contributed by atoms with Gasteiger partial charge < -0.3 is 15.1 Å². The molecule has 0 spiro atoms. The van der Waals surface area contributed by atoms with Crippen LogP contribution in [0, 0.1) is 21.8 Å². The van der Waals surface area contributed by atoms with Gasteiger partial charge in [-0.25, -0.2) is 4.39 Å². The first-order valence-electron chi connectivity index (χ1n) is 10.2. The Labute approximate surface area is 174 Å². The minimum atomic E-state index is -0.401. The Morgan fingerprint density at radius 2 is 1.93 bits per heavy atom. The summed E-state index contributed by atoms with van der Waals surface area (Å²) < 4.78 is 13.3. The molecule has 2 aromatic carbocycles. The summed E-state index contributed by atoms with van der Waals surface area (Å²) in [7, 11) is 0. The van der Waals surface area contributed by atoms with Gasteiger partial charge in [-0.15, -0.1) is 0 Å². The lowest BCUT2D eigenvalue weighted by atomic mass is 9.83. The second-order valence-electron chi connectivity index (χ2n) is 8.23. The third-order valence-electron chi connectivity index (χ3n) is 5.87. The van der Waals surface area contributed by atoms with E-state index in [1.165, 1.54) is 18.2 Å². The number of non-ortho nitro benzene ring substituents is 1. The van der Waals surface area contributed by atoms with E-state index in [1.54, 1.807) is 24.3 Å². The summed E-state index contributed by atoms with van der Waals surface area (Å²) in [6.45, 7) is 5.86. The van der Waals surface area contributed by atoms with E-state index in [0.29, 0.717) is 19.5 Å². The molecule has 0 bridgehead atoms. The molecule has 0 aliphatic carbocycles. The highest BCUT2D eigenvalue weighted by Gasteiger charge is 2.42. The van der Waals surface area contributed by atoms with Gasteiger partial charge in [0.25, 0.3) is 5.69 Å². The Hall–Kier alpha value is -3.16. The second kappa shape index (κ2) is 7.93. The number of hydrogen-bond donors (Lipinski definition) is 1. The number of nitrogens with one attached hydrogen (secondary N) is 1. The van der Waals surface area contributed by atoms with Crippen molar-refractivity contribution < 1.29 is 14.1 Å². The van der Waals surface area contributed by atoms with Crippen LogP contribution in [0.2, 0.25) is 0 Å². The predicted molar refractivity (Wildman–Crippen MR) is 113 cm³/mol. The van der Waals surface area contributed by atoms with Gasteiger partial charge in [0.2, 0.25) is 5.91 Å². The molecule has 2 atom stereocenters. The van der Waals surface area contributed by atoms with Crippen molar-refractivity contribution in [2.24, 2.45) is 5.92 Å². The maximum absolute atomic E-state index is 13.3. The van der Waals surface area contributed by atoms with Gasteiger partial charge >= 0.3 is 0 Å². The van der Waals surface area contributed by atoms with Crippen LogP contribution < -0.4 is 15.1 Å². The summed E-state index contributed by atoms with van der Waals surface area (Å²) in [4.78, 5) is 28.2. The molecule has 4 rings (SSSR count). The van der Waals surface area contributed by atoms with E-state index in [2.05, 4.69) is 15.1 Å². The molecule has 2 aliphatic rings. The van der Waals surface area contributed by atoms with E-state index in [9.17, 15) is 19.3 Å². The average Bonchev–Trinajstić information content (AvgIpc) is 2.72. The van der Waals surface area contributed by atoms with E-state index in [0.717, 1.165) is 23.5 Å². The number of hydrogen-bond acceptors (Lipinski definition) is 5. The molecule has 1 fully saturated rings. The molecular weight excluding hydrogens is 387 g/mol. The largest absolute Gasteiger partial charge is 0.368 e. The zero-order valence-electron chi connectivity index (χ0n) is 17.0. The zero-order valence-corrected chi connectivity index (χ0v) is 17.0. The van der Waals surface area contributed by atoms with Crippen molar-refractivity contribution in [1.29, 1.82) is 0 Å². The number of benzene rings is 2. The Kier molecular flexibility index (Phi) is 5.32. The van der Waals surface area contributed by atoms with Gasteiger partial charge in [0, 0.05) is 49.2 Å². The van der Waals surface area contributed by atoms with Gasteiger partial charge in [0.1, 0.15) is 5.82 Å². The summed E-state index contributed by atoms with van der Waals surface area (Å²) in [5.41, 5.74) is 2.76. The highest BCUT2D eigenvalue weighted by atomic mass is 19.1. The van der Waals surface area contributed by atoms with Crippen molar-refractivity contribution in [2.75, 3.05) is 29.4 Å². The summed E-state index contributed by atoms with van der Waals surface area (Å²) in [5.74, 6) is -0.650. The number of piperazine rings is 1. The first-order valence-corrected chi connectivity index (χ1v) is 10.2. The molecule has 0 saturated carbocycles. The number of rotatable bonds is 4. The Balaban J connectivity index is 1.68. The smallest absolute Gasteiger partial charge is 0.269 e. The molecule has 2 heterocycles. The summed E-state index contributed by atoms with van der Waals surface area (Å²) in [6, 6.07) is 11.3. The quantitative estimate of drug-likeness (QED) is 0.617. The van der Waals surface area contributed by atoms with Crippen molar-refractivity contribution in [2.45, 2.75) is 32.4 Å². The molecule has 1 N–H and O–H groups in total. The molecule has 158 valence electrons. The van der Waals surface area contributed by atoms with E-state index >= 15 is 0 Å². The van der Waals surface area contributed by atoms with Crippen LogP contribution in [0.15, 0.2) is 42.5 Å². The first-order chi connectivity index (χ1) is 14.3. The van der Waals surface area contributed by atoms with Crippen molar-refractivity contribution >= 4 is 23.0 Å². The van der Waals surface area contributed by atoms with E-state index in [1.807, 2.05) is 13.8 Å². The molecule has 0 aromatic heterocycles. The second-order valence-corrected chi connectivity index (χ2v) is 8.23. The number of fused-ring (bicyclic) bond motifs is 3. The monoisotopic (exact) mass is 412 g/mol. The molecule has 30 heavy (non-hydrogen) atoms. The molecule has 0 unspecified atom stereocenters. The fourth-order valence-electron chi connectivity index (χ4n) is 4.50. The lowest BCUT2D eigenvalue weighted by molar-refractivity contribution is -0.384. The van der Waals surface area contributed by atoms with E-state index in [-0.39, 0.29) is 35.4 Å². The Bertz CT molecular complexity index is 963. The predicted octanol–water partition coefficient (Wildman–Crippen LogP) is 3.13. The summed E-state index contributed by atoms with van der Waals surface area (Å²) >= 11 is 0. The lowest BCUT2D eigenvalue weighted by Crippen LogP contribution is -2.61. The molecule has 2 aromatic rings. The highest BCUT2D eigenvalue weighted by molar-refractivity contribution is 5.82. The standard InChI is InChI=1S/C22H25FN4O3/c1-14(2)24-22(28)19-12-15-11-18(27(29)30)7-8-20(15)26-10-9-25(13-21(19)26)17-5-3-16(23)4-6-17/h3-8,11,14,19,21H,9-10,12-13H2,1-2H3,(H,24,28)/t19-,21-/m1/s1.